The van der Waals surface area contributed by atoms with E-state index in [1.54, 1.807) is 6.08 Å². The summed E-state index contributed by atoms with van der Waals surface area (Å²) in [5.74, 6) is -0.533. The second kappa shape index (κ2) is 5.40. The zero-order valence-electron chi connectivity index (χ0n) is 10.8. The molecule has 0 saturated heterocycles. The number of benzene rings is 1. The van der Waals surface area contributed by atoms with Gasteiger partial charge in [-0.25, -0.2) is 12.8 Å². The first-order valence-corrected chi connectivity index (χ1v) is 7.55. The van der Waals surface area contributed by atoms with Gasteiger partial charge >= 0.3 is 0 Å². The SMILES string of the molecule is Cc1c(F)cc(CN)cc1S(=O)(=O)N1CC=CCC1. The molecule has 1 aliphatic heterocycles. The summed E-state index contributed by atoms with van der Waals surface area (Å²) < 4.78 is 40.2. The van der Waals surface area contributed by atoms with Crippen LogP contribution in [0.25, 0.3) is 0 Å². The highest BCUT2D eigenvalue weighted by molar-refractivity contribution is 7.89. The summed E-state index contributed by atoms with van der Waals surface area (Å²) in [6.07, 6.45) is 4.42. The Kier molecular flexibility index (Phi) is 4.03. The Balaban J connectivity index is 2.50. The molecule has 0 spiro atoms. The van der Waals surface area contributed by atoms with E-state index in [2.05, 4.69) is 0 Å². The predicted octanol–water partition coefficient (Wildman–Crippen LogP) is 1.54. The average molecular weight is 284 g/mol. The van der Waals surface area contributed by atoms with Crippen LogP contribution in [0.15, 0.2) is 29.2 Å². The van der Waals surface area contributed by atoms with Crippen LogP contribution in [0.1, 0.15) is 17.5 Å². The monoisotopic (exact) mass is 284 g/mol. The van der Waals surface area contributed by atoms with Crippen LogP contribution in [-0.2, 0) is 16.6 Å². The molecule has 0 bridgehead atoms. The van der Waals surface area contributed by atoms with Crippen LogP contribution in [0.5, 0.6) is 0 Å². The molecular weight excluding hydrogens is 267 g/mol. The molecule has 0 radical (unpaired) electrons. The summed E-state index contributed by atoms with van der Waals surface area (Å²) in [7, 11) is -3.66. The first-order chi connectivity index (χ1) is 8.96. The lowest BCUT2D eigenvalue weighted by molar-refractivity contribution is 0.436. The summed E-state index contributed by atoms with van der Waals surface area (Å²) in [6, 6.07) is 2.75. The van der Waals surface area contributed by atoms with E-state index in [4.69, 9.17) is 5.73 Å². The summed E-state index contributed by atoms with van der Waals surface area (Å²) >= 11 is 0. The Morgan fingerprint density at radius 3 is 2.68 bits per heavy atom. The van der Waals surface area contributed by atoms with Gasteiger partial charge in [-0.3, -0.25) is 0 Å². The largest absolute Gasteiger partial charge is 0.326 e. The van der Waals surface area contributed by atoms with E-state index in [0.717, 1.165) is 0 Å². The molecule has 104 valence electrons. The summed E-state index contributed by atoms with van der Waals surface area (Å²) in [6.45, 7) is 2.34. The van der Waals surface area contributed by atoms with Gasteiger partial charge in [-0.1, -0.05) is 12.2 Å². The van der Waals surface area contributed by atoms with E-state index in [1.165, 1.54) is 23.4 Å². The predicted molar refractivity (Wildman–Crippen MR) is 71.5 cm³/mol. The zero-order chi connectivity index (χ0) is 14.0. The fourth-order valence-corrected chi connectivity index (χ4v) is 3.76. The molecule has 1 aromatic carbocycles. The standard InChI is InChI=1S/C13H17FN2O2S/c1-10-12(14)7-11(9-15)8-13(10)19(17,18)16-5-3-2-4-6-16/h2-3,7-8H,4-6,9,15H2,1H3. The minimum absolute atomic E-state index is 0.0169. The van der Waals surface area contributed by atoms with Gasteiger partial charge in [0.05, 0.1) is 4.90 Å². The van der Waals surface area contributed by atoms with Crippen molar-refractivity contribution in [3.63, 3.8) is 0 Å². The molecule has 19 heavy (non-hydrogen) atoms. The number of nitrogens with two attached hydrogens (primary N) is 1. The highest BCUT2D eigenvalue weighted by Gasteiger charge is 2.27. The van der Waals surface area contributed by atoms with Crippen LogP contribution < -0.4 is 5.73 Å². The molecule has 1 heterocycles. The van der Waals surface area contributed by atoms with E-state index in [1.807, 2.05) is 6.08 Å². The minimum Gasteiger partial charge on any atom is -0.326 e. The Labute approximate surface area is 112 Å². The van der Waals surface area contributed by atoms with Crippen LogP contribution in [0.3, 0.4) is 0 Å². The van der Waals surface area contributed by atoms with Gasteiger partial charge in [0.1, 0.15) is 5.82 Å². The van der Waals surface area contributed by atoms with Gasteiger partial charge < -0.3 is 5.73 Å². The number of rotatable bonds is 3. The second-order valence-electron chi connectivity index (χ2n) is 4.53. The molecule has 0 unspecified atom stereocenters. The van der Waals surface area contributed by atoms with Crippen molar-refractivity contribution in [2.75, 3.05) is 13.1 Å². The van der Waals surface area contributed by atoms with Gasteiger partial charge in [-0.05, 0) is 31.0 Å². The molecule has 2 rings (SSSR count). The number of hydrogen-bond donors (Lipinski definition) is 1. The maximum absolute atomic E-state index is 13.8. The van der Waals surface area contributed by atoms with E-state index < -0.39 is 15.8 Å². The first-order valence-electron chi connectivity index (χ1n) is 6.11. The molecule has 0 saturated carbocycles. The zero-order valence-corrected chi connectivity index (χ0v) is 11.6. The van der Waals surface area contributed by atoms with E-state index in [9.17, 15) is 12.8 Å². The third kappa shape index (κ3) is 2.70. The third-order valence-corrected chi connectivity index (χ3v) is 5.22. The molecule has 0 atom stereocenters. The number of hydrogen-bond acceptors (Lipinski definition) is 3. The topological polar surface area (TPSA) is 63.4 Å². The average Bonchev–Trinajstić information content (AvgIpc) is 2.42. The summed E-state index contributed by atoms with van der Waals surface area (Å²) in [5.41, 5.74) is 6.10. The van der Waals surface area contributed by atoms with Crippen molar-refractivity contribution in [1.29, 1.82) is 0 Å². The van der Waals surface area contributed by atoms with Gasteiger partial charge in [0.2, 0.25) is 10.0 Å². The quantitative estimate of drug-likeness (QED) is 0.856. The van der Waals surface area contributed by atoms with E-state index >= 15 is 0 Å². The molecule has 4 nitrogen and oxygen atoms in total. The normalized spacial score (nSPS) is 16.8. The first kappa shape index (κ1) is 14.2. The molecule has 1 aliphatic rings. The Morgan fingerprint density at radius 1 is 1.37 bits per heavy atom. The van der Waals surface area contributed by atoms with Crippen molar-refractivity contribution in [2.45, 2.75) is 24.8 Å². The fraction of sp³-hybridized carbons (Fsp3) is 0.385. The molecule has 6 heteroatoms. The molecular formula is C13H17FN2O2S. The summed E-state index contributed by atoms with van der Waals surface area (Å²) in [4.78, 5) is 0.0169. The van der Waals surface area contributed by atoms with E-state index in [-0.39, 0.29) is 17.0 Å². The van der Waals surface area contributed by atoms with Crippen LogP contribution in [0.4, 0.5) is 4.39 Å². The third-order valence-electron chi connectivity index (χ3n) is 3.23. The van der Waals surface area contributed by atoms with Gasteiger partial charge in [-0.15, -0.1) is 0 Å². The van der Waals surface area contributed by atoms with Crippen molar-refractivity contribution in [3.8, 4) is 0 Å². The van der Waals surface area contributed by atoms with E-state index in [0.29, 0.717) is 25.1 Å². The van der Waals surface area contributed by atoms with Gasteiger partial charge in [-0.2, -0.15) is 4.31 Å². The highest BCUT2D eigenvalue weighted by atomic mass is 32.2. The Bertz CT molecular complexity index is 611. The number of sulfonamides is 1. The lowest BCUT2D eigenvalue weighted by atomic mass is 10.1. The van der Waals surface area contributed by atoms with Crippen LogP contribution >= 0.6 is 0 Å². The Hall–Kier alpha value is -1.24. The molecule has 0 fully saturated rings. The molecule has 0 aromatic heterocycles. The van der Waals surface area contributed by atoms with Gasteiger partial charge in [0, 0.05) is 25.2 Å². The smallest absolute Gasteiger partial charge is 0.243 e. The maximum atomic E-state index is 13.8. The van der Waals surface area contributed by atoms with Crippen LogP contribution in [0.2, 0.25) is 0 Å². The van der Waals surface area contributed by atoms with Crippen molar-refractivity contribution < 1.29 is 12.8 Å². The lowest BCUT2D eigenvalue weighted by Gasteiger charge is -2.24. The van der Waals surface area contributed by atoms with Crippen molar-refractivity contribution in [3.05, 3.63) is 41.2 Å². The molecule has 1 aromatic rings. The molecule has 0 aliphatic carbocycles. The minimum atomic E-state index is -3.66. The lowest BCUT2D eigenvalue weighted by Crippen LogP contribution is -2.34. The Morgan fingerprint density at radius 2 is 2.11 bits per heavy atom. The highest BCUT2D eigenvalue weighted by Crippen LogP contribution is 2.25. The second-order valence-corrected chi connectivity index (χ2v) is 6.43. The van der Waals surface area contributed by atoms with Gasteiger partial charge in [0.15, 0.2) is 0 Å². The number of halogens is 1. The maximum Gasteiger partial charge on any atom is 0.243 e. The van der Waals surface area contributed by atoms with Crippen molar-refractivity contribution in [2.24, 2.45) is 5.73 Å². The fourth-order valence-electron chi connectivity index (χ4n) is 2.07. The van der Waals surface area contributed by atoms with Crippen LogP contribution in [0, 0.1) is 12.7 Å². The summed E-state index contributed by atoms with van der Waals surface area (Å²) in [5, 5.41) is 0. The molecule has 0 amide bonds. The van der Waals surface area contributed by atoms with Gasteiger partial charge in [0.25, 0.3) is 0 Å². The number of nitrogens with zero attached hydrogens (tertiary/aromatic N) is 1. The van der Waals surface area contributed by atoms with Crippen molar-refractivity contribution in [1.82, 2.24) is 4.31 Å². The van der Waals surface area contributed by atoms with Crippen molar-refractivity contribution >= 4 is 10.0 Å². The molecule has 2 N–H and O–H groups in total. The van der Waals surface area contributed by atoms with Crippen LogP contribution in [-0.4, -0.2) is 25.8 Å².